The summed E-state index contributed by atoms with van der Waals surface area (Å²) in [7, 11) is 1.68. The molecule has 3 rings (SSSR count). The molecule has 1 aromatic carbocycles. The molecular formula is C20H31IN6O3. The highest BCUT2D eigenvalue weighted by atomic mass is 127. The number of aliphatic imine (C=N–C) groups is 1. The number of rotatable bonds is 7. The highest BCUT2D eigenvalue weighted by Crippen LogP contribution is 2.24. The van der Waals surface area contributed by atoms with E-state index in [0.29, 0.717) is 12.5 Å². The summed E-state index contributed by atoms with van der Waals surface area (Å²) in [6.45, 7) is 5.33. The number of benzene rings is 1. The third-order valence-electron chi connectivity index (χ3n) is 5.06. The largest absolute Gasteiger partial charge is 0.497 e. The first-order valence-corrected chi connectivity index (χ1v) is 10.1. The number of guanidine groups is 1. The molecule has 9 nitrogen and oxygen atoms in total. The fourth-order valence-corrected chi connectivity index (χ4v) is 3.59. The van der Waals surface area contributed by atoms with Crippen molar-refractivity contribution in [1.82, 2.24) is 20.9 Å². The Labute approximate surface area is 194 Å². The van der Waals surface area contributed by atoms with Crippen LogP contribution < -0.4 is 25.6 Å². The molecule has 2 saturated heterocycles. The average Bonchev–Trinajstić information content (AvgIpc) is 3.06. The zero-order valence-corrected chi connectivity index (χ0v) is 19.8. The maximum Gasteiger partial charge on any atom is 0.324 e. The van der Waals surface area contributed by atoms with Gasteiger partial charge in [-0.2, -0.15) is 0 Å². The molecule has 0 spiro atoms. The molecule has 1 atom stereocenters. The van der Waals surface area contributed by atoms with Crippen molar-refractivity contribution in [3.8, 4) is 5.75 Å². The predicted molar refractivity (Wildman–Crippen MR) is 128 cm³/mol. The van der Waals surface area contributed by atoms with E-state index in [4.69, 9.17) is 4.74 Å². The molecule has 166 valence electrons. The third kappa shape index (κ3) is 6.38. The van der Waals surface area contributed by atoms with Gasteiger partial charge in [-0.1, -0.05) is 6.07 Å². The van der Waals surface area contributed by atoms with Gasteiger partial charge in [-0.3, -0.25) is 14.7 Å². The molecule has 2 fully saturated rings. The Kier molecular flexibility index (Phi) is 9.47. The van der Waals surface area contributed by atoms with Crippen molar-refractivity contribution in [3.05, 3.63) is 24.3 Å². The Hall–Kier alpha value is -2.24. The zero-order chi connectivity index (χ0) is 20.6. The SMILES string of the molecule is CCNC(=NCCN1C(=O)CNC1=O)NC1CCCN(c2cccc(OC)c2)C1.I. The number of carbonyl (C=O) groups is 2. The maximum absolute atomic E-state index is 11.7. The number of piperidine rings is 1. The number of ether oxygens (including phenoxy) is 1. The van der Waals surface area contributed by atoms with Crippen molar-refractivity contribution in [2.45, 2.75) is 25.8 Å². The standard InChI is InChI=1S/C20H30N6O3.HI/c1-3-21-19(22-9-11-26-18(27)13-23-20(26)28)24-15-6-5-10-25(14-15)16-7-4-8-17(12-16)29-2;/h4,7-8,12,15H,3,5-6,9-11,13-14H2,1-2H3,(H,23,28)(H2,21,22,24);1H. The second-order valence-electron chi connectivity index (χ2n) is 7.10. The lowest BCUT2D eigenvalue weighted by Gasteiger charge is -2.35. The molecule has 0 aromatic heterocycles. The lowest BCUT2D eigenvalue weighted by atomic mass is 10.0. The number of imide groups is 1. The van der Waals surface area contributed by atoms with Crippen molar-refractivity contribution in [2.24, 2.45) is 4.99 Å². The summed E-state index contributed by atoms with van der Waals surface area (Å²) in [5.74, 6) is 1.36. The van der Waals surface area contributed by atoms with E-state index in [1.807, 2.05) is 19.1 Å². The number of amides is 3. The summed E-state index contributed by atoms with van der Waals surface area (Å²) in [6, 6.07) is 8.02. The van der Waals surface area contributed by atoms with Crippen molar-refractivity contribution in [2.75, 3.05) is 51.3 Å². The van der Waals surface area contributed by atoms with Crippen molar-refractivity contribution in [1.29, 1.82) is 0 Å². The molecule has 2 aliphatic heterocycles. The van der Waals surface area contributed by atoms with Crippen LogP contribution in [0.1, 0.15) is 19.8 Å². The average molecular weight is 530 g/mol. The van der Waals surface area contributed by atoms with Crippen LogP contribution in [0, 0.1) is 0 Å². The molecule has 30 heavy (non-hydrogen) atoms. The topological polar surface area (TPSA) is 98.3 Å². The van der Waals surface area contributed by atoms with Gasteiger partial charge in [0.2, 0.25) is 5.91 Å². The van der Waals surface area contributed by atoms with E-state index in [-0.39, 0.29) is 55.0 Å². The van der Waals surface area contributed by atoms with Crippen LogP contribution >= 0.6 is 24.0 Å². The summed E-state index contributed by atoms with van der Waals surface area (Å²) in [4.78, 5) is 31.4. The fraction of sp³-hybridized carbons (Fsp3) is 0.550. The molecule has 2 aliphatic rings. The van der Waals surface area contributed by atoms with E-state index >= 15 is 0 Å². The first kappa shape index (κ1) is 24.0. The normalized spacial score (nSPS) is 19.3. The Bertz CT molecular complexity index is 744. The first-order chi connectivity index (χ1) is 14.1. The van der Waals surface area contributed by atoms with E-state index in [1.54, 1.807) is 7.11 Å². The fourth-order valence-electron chi connectivity index (χ4n) is 3.59. The quantitative estimate of drug-likeness (QED) is 0.214. The van der Waals surface area contributed by atoms with E-state index in [1.165, 1.54) is 4.90 Å². The van der Waals surface area contributed by atoms with Crippen LogP contribution in [-0.4, -0.2) is 75.2 Å². The van der Waals surface area contributed by atoms with Crippen LogP contribution in [0.3, 0.4) is 0 Å². The number of nitrogens with zero attached hydrogens (tertiary/aromatic N) is 3. The van der Waals surface area contributed by atoms with Crippen LogP contribution in [0.5, 0.6) is 5.75 Å². The molecule has 2 heterocycles. The third-order valence-corrected chi connectivity index (χ3v) is 5.06. The molecule has 3 amide bonds. The predicted octanol–water partition coefficient (Wildman–Crippen LogP) is 1.39. The molecule has 3 N–H and O–H groups in total. The first-order valence-electron chi connectivity index (χ1n) is 10.1. The molecule has 0 saturated carbocycles. The maximum atomic E-state index is 11.7. The van der Waals surface area contributed by atoms with Crippen LogP contribution in [0.4, 0.5) is 10.5 Å². The number of urea groups is 1. The van der Waals surface area contributed by atoms with Gasteiger partial charge in [-0.05, 0) is 31.9 Å². The van der Waals surface area contributed by atoms with Gasteiger partial charge in [-0.15, -0.1) is 24.0 Å². The molecule has 0 bridgehead atoms. The van der Waals surface area contributed by atoms with E-state index < -0.39 is 0 Å². The van der Waals surface area contributed by atoms with Gasteiger partial charge < -0.3 is 25.6 Å². The Morgan fingerprint density at radius 3 is 2.90 bits per heavy atom. The lowest BCUT2D eigenvalue weighted by Crippen LogP contribution is -2.51. The number of anilines is 1. The number of halogens is 1. The zero-order valence-electron chi connectivity index (χ0n) is 17.5. The monoisotopic (exact) mass is 530 g/mol. The second-order valence-corrected chi connectivity index (χ2v) is 7.10. The van der Waals surface area contributed by atoms with Crippen LogP contribution in [0.2, 0.25) is 0 Å². The molecular weight excluding hydrogens is 499 g/mol. The van der Waals surface area contributed by atoms with Crippen molar-refractivity contribution >= 4 is 47.6 Å². The van der Waals surface area contributed by atoms with E-state index in [2.05, 4.69) is 38.0 Å². The molecule has 1 aromatic rings. The van der Waals surface area contributed by atoms with Crippen LogP contribution in [0.25, 0.3) is 0 Å². The molecule has 10 heteroatoms. The summed E-state index contributed by atoms with van der Waals surface area (Å²) in [5.41, 5.74) is 1.15. The summed E-state index contributed by atoms with van der Waals surface area (Å²) in [5, 5.41) is 9.26. The van der Waals surface area contributed by atoms with E-state index in [9.17, 15) is 9.59 Å². The van der Waals surface area contributed by atoms with Crippen molar-refractivity contribution in [3.63, 3.8) is 0 Å². The Balaban J connectivity index is 0.00000320. The summed E-state index contributed by atoms with van der Waals surface area (Å²) >= 11 is 0. The number of methoxy groups -OCH3 is 1. The van der Waals surface area contributed by atoms with Crippen molar-refractivity contribution < 1.29 is 14.3 Å². The molecule has 0 radical (unpaired) electrons. The van der Waals surface area contributed by atoms with Gasteiger partial charge >= 0.3 is 6.03 Å². The number of hydrogen-bond acceptors (Lipinski definition) is 5. The number of hydrogen-bond donors (Lipinski definition) is 3. The van der Waals surface area contributed by atoms with Gasteiger partial charge in [-0.25, -0.2) is 4.79 Å². The summed E-state index contributed by atoms with van der Waals surface area (Å²) in [6.07, 6.45) is 2.13. The number of carbonyl (C=O) groups excluding carboxylic acids is 2. The minimum Gasteiger partial charge on any atom is -0.497 e. The minimum atomic E-state index is -0.343. The Morgan fingerprint density at radius 2 is 2.20 bits per heavy atom. The van der Waals surface area contributed by atoms with Gasteiger partial charge in [0.1, 0.15) is 5.75 Å². The molecule has 0 aliphatic carbocycles. The Morgan fingerprint density at radius 1 is 1.37 bits per heavy atom. The second kappa shape index (κ2) is 11.8. The van der Waals surface area contributed by atoms with Gasteiger partial charge in [0.15, 0.2) is 5.96 Å². The summed E-state index contributed by atoms with van der Waals surface area (Å²) < 4.78 is 5.34. The van der Waals surface area contributed by atoms with Crippen LogP contribution in [0.15, 0.2) is 29.3 Å². The van der Waals surface area contributed by atoms with Gasteiger partial charge in [0.25, 0.3) is 0 Å². The van der Waals surface area contributed by atoms with Gasteiger partial charge in [0, 0.05) is 37.4 Å². The lowest BCUT2D eigenvalue weighted by molar-refractivity contribution is -0.124. The number of nitrogens with one attached hydrogen (secondary N) is 3. The molecule has 1 unspecified atom stereocenters. The smallest absolute Gasteiger partial charge is 0.324 e. The highest BCUT2D eigenvalue weighted by Gasteiger charge is 2.27. The van der Waals surface area contributed by atoms with E-state index in [0.717, 1.165) is 43.9 Å². The van der Waals surface area contributed by atoms with Crippen LogP contribution in [-0.2, 0) is 4.79 Å². The van der Waals surface area contributed by atoms with Gasteiger partial charge in [0.05, 0.1) is 26.7 Å². The highest BCUT2D eigenvalue weighted by molar-refractivity contribution is 14.0. The minimum absolute atomic E-state index is 0.